The number of carbonyl (C=O) groups excluding carboxylic acids is 1. The number of rotatable bonds is 4. The highest BCUT2D eigenvalue weighted by molar-refractivity contribution is 5.97. The Morgan fingerprint density at radius 1 is 1.26 bits per heavy atom. The number of benzene rings is 1. The van der Waals surface area contributed by atoms with Crippen LogP contribution in [-0.4, -0.2) is 30.0 Å². The molecular formula is C20H22F3N3O. The minimum atomic E-state index is -4.51. The van der Waals surface area contributed by atoms with Crippen molar-refractivity contribution < 1.29 is 18.0 Å². The minimum Gasteiger partial charge on any atom is -0.349 e. The van der Waals surface area contributed by atoms with Gasteiger partial charge in [-0.3, -0.25) is 4.79 Å². The van der Waals surface area contributed by atoms with Crippen LogP contribution in [0.1, 0.15) is 58.8 Å². The van der Waals surface area contributed by atoms with Crippen LogP contribution in [0.4, 0.5) is 13.2 Å². The summed E-state index contributed by atoms with van der Waals surface area (Å²) in [6.45, 7) is 3.10. The molecule has 1 unspecified atom stereocenters. The van der Waals surface area contributed by atoms with Gasteiger partial charge in [-0.15, -0.1) is 0 Å². The Kier molecular flexibility index (Phi) is 4.58. The molecule has 1 saturated heterocycles. The van der Waals surface area contributed by atoms with Crippen LogP contribution >= 0.6 is 0 Å². The van der Waals surface area contributed by atoms with Crippen LogP contribution < -0.4 is 10.6 Å². The molecule has 1 aliphatic carbocycles. The predicted octanol–water partition coefficient (Wildman–Crippen LogP) is 3.92. The van der Waals surface area contributed by atoms with E-state index in [1.807, 2.05) is 0 Å². The molecule has 1 aliphatic heterocycles. The molecule has 2 aliphatic rings. The summed E-state index contributed by atoms with van der Waals surface area (Å²) >= 11 is 0. The number of hydrogen-bond acceptors (Lipinski definition) is 3. The van der Waals surface area contributed by atoms with E-state index >= 15 is 0 Å². The molecule has 2 fully saturated rings. The van der Waals surface area contributed by atoms with E-state index in [0.29, 0.717) is 23.1 Å². The average Bonchev–Trinajstić information content (AvgIpc) is 3.34. The fraction of sp³-hybridized carbons (Fsp3) is 0.500. The van der Waals surface area contributed by atoms with Crippen LogP contribution in [0, 0.1) is 6.92 Å². The van der Waals surface area contributed by atoms with Crippen molar-refractivity contribution in [2.24, 2.45) is 0 Å². The van der Waals surface area contributed by atoms with Crippen molar-refractivity contribution in [3.05, 3.63) is 40.6 Å². The standard InChI is InChI=1S/C20H22F3N3O/c1-11-7-17(19(27)25-10-14-3-2-6-24-14)26-18-15(11)8-13(12-4-5-12)9-16(18)20(21,22)23/h7-9,12,14,24H,2-6,10H2,1H3,(H,25,27). The predicted molar refractivity (Wildman–Crippen MR) is 96.8 cm³/mol. The quantitative estimate of drug-likeness (QED) is 0.849. The number of aryl methyl sites for hydroxylation is 1. The van der Waals surface area contributed by atoms with Crippen molar-refractivity contribution in [1.29, 1.82) is 0 Å². The van der Waals surface area contributed by atoms with Crippen molar-refractivity contribution in [3.8, 4) is 0 Å². The number of nitrogens with zero attached hydrogens (tertiary/aromatic N) is 1. The smallest absolute Gasteiger partial charge is 0.349 e. The molecule has 0 bridgehead atoms. The first-order valence-corrected chi connectivity index (χ1v) is 9.37. The highest BCUT2D eigenvalue weighted by atomic mass is 19.4. The lowest BCUT2D eigenvalue weighted by Gasteiger charge is -2.16. The Morgan fingerprint density at radius 2 is 2.04 bits per heavy atom. The lowest BCUT2D eigenvalue weighted by Crippen LogP contribution is -2.37. The third-order valence-electron chi connectivity index (χ3n) is 5.40. The fourth-order valence-electron chi connectivity index (χ4n) is 3.74. The van der Waals surface area contributed by atoms with E-state index in [1.165, 1.54) is 6.07 Å². The first-order valence-electron chi connectivity index (χ1n) is 9.37. The Bertz CT molecular complexity index is 884. The number of alkyl halides is 3. The van der Waals surface area contributed by atoms with Crippen LogP contribution in [0.15, 0.2) is 18.2 Å². The zero-order valence-electron chi connectivity index (χ0n) is 15.1. The summed E-state index contributed by atoms with van der Waals surface area (Å²) in [5.74, 6) is -0.232. The molecule has 2 N–H and O–H groups in total. The molecule has 27 heavy (non-hydrogen) atoms. The zero-order valence-corrected chi connectivity index (χ0v) is 15.1. The maximum atomic E-state index is 13.6. The van der Waals surface area contributed by atoms with E-state index in [-0.39, 0.29) is 23.2 Å². The highest BCUT2D eigenvalue weighted by Crippen LogP contribution is 2.44. The second kappa shape index (κ2) is 6.78. The molecule has 2 heterocycles. The van der Waals surface area contributed by atoms with Gasteiger partial charge in [0.15, 0.2) is 0 Å². The van der Waals surface area contributed by atoms with Crippen molar-refractivity contribution in [1.82, 2.24) is 15.6 Å². The van der Waals surface area contributed by atoms with Crippen LogP contribution in [0.5, 0.6) is 0 Å². The van der Waals surface area contributed by atoms with Gasteiger partial charge in [-0.05, 0) is 74.4 Å². The minimum absolute atomic E-state index is 0.0302. The molecule has 4 nitrogen and oxygen atoms in total. The van der Waals surface area contributed by atoms with E-state index in [1.54, 1.807) is 19.1 Å². The van der Waals surface area contributed by atoms with Gasteiger partial charge in [0.25, 0.3) is 5.91 Å². The van der Waals surface area contributed by atoms with Gasteiger partial charge in [0, 0.05) is 18.0 Å². The average molecular weight is 377 g/mol. The van der Waals surface area contributed by atoms with Crippen LogP contribution in [-0.2, 0) is 6.18 Å². The fourth-order valence-corrected chi connectivity index (χ4v) is 3.74. The van der Waals surface area contributed by atoms with Crippen molar-refractivity contribution in [2.75, 3.05) is 13.1 Å². The third kappa shape index (κ3) is 3.78. The van der Waals surface area contributed by atoms with E-state index in [4.69, 9.17) is 0 Å². The molecule has 144 valence electrons. The number of carbonyl (C=O) groups is 1. The molecule has 1 amide bonds. The normalized spacial score (nSPS) is 20.2. The molecule has 7 heteroatoms. The van der Waals surface area contributed by atoms with Crippen LogP contribution in [0.3, 0.4) is 0 Å². The number of nitrogens with one attached hydrogen (secondary N) is 2. The summed E-state index contributed by atoms with van der Waals surface area (Å²) in [4.78, 5) is 16.6. The molecule has 1 aromatic heterocycles. The molecule has 0 radical (unpaired) electrons. The third-order valence-corrected chi connectivity index (χ3v) is 5.40. The largest absolute Gasteiger partial charge is 0.418 e. The van der Waals surface area contributed by atoms with Gasteiger partial charge in [0.05, 0.1) is 11.1 Å². The Hall–Kier alpha value is -2.15. The Morgan fingerprint density at radius 3 is 2.67 bits per heavy atom. The first kappa shape index (κ1) is 18.2. The Labute approximate surface area is 155 Å². The number of pyridine rings is 1. The summed E-state index contributed by atoms with van der Waals surface area (Å²) < 4.78 is 40.9. The second-order valence-electron chi connectivity index (χ2n) is 7.56. The van der Waals surface area contributed by atoms with Crippen LogP contribution in [0.2, 0.25) is 0 Å². The molecule has 1 atom stereocenters. The maximum Gasteiger partial charge on any atom is 0.418 e. The van der Waals surface area contributed by atoms with E-state index in [9.17, 15) is 18.0 Å². The molecule has 0 spiro atoms. The number of aromatic nitrogens is 1. The molecular weight excluding hydrogens is 355 g/mol. The summed E-state index contributed by atoms with van der Waals surface area (Å²) in [5.41, 5.74) is 0.484. The topological polar surface area (TPSA) is 54.0 Å². The van der Waals surface area contributed by atoms with Gasteiger partial charge >= 0.3 is 6.18 Å². The number of fused-ring (bicyclic) bond motifs is 1. The van der Waals surface area contributed by atoms with E-state index in [0.717, 1.165) is 32.2 Å². The van der Waals surface area contributed by atoms with E-state index < -0.39 is 17.6 Å². The van der Waals surface area contributed by atoms with Crippen molar-refractivity contribution in [2.45, 2.75) is 50.7 Å². The van der Waals surface area contributed by atoms with Gasteiger partial charge in [0.2, 0.25) is 0 Å². The zero-order chi connectivity index (χ0) is 19.2. The summed E-state index contributed by atoms with van der Waals surface area (Å²) in [6.07, 6.45) is -0.625. The van der Waals surface area contributed by atoms with Gasteiger partial charge in [-0.2, -0.15) is 13.2 Å². The molecule has 1 aromatic carbocycles. The van der Waals surface area contributed by atoms with Gasteiger partial charge < -0.3 is 10.6 Å². The van der Waals surface area contributed by atoms with Crippen molar-refractivity contribution in [3.63, 3.8) is 0 Å². The first-order chi connectivity index (χ1) is 12.8. The molecule has 2 aromatic rings. The number of halogens is 3. The van der Waals surface area contributed by atoms with Gasteiger partial charge in [0.1, 0.15) is 5.69 Å². The lowest BCUT2D eigenvalue weighted by molar-refractivity contribution is -0.136. The van der Waals surface area contributed by atoms with Gasteiger partial charge in [-0.1, -0.05) is 0 Å². The molecule has 4 rings (SSSR count). The summed E-state index contributed by atoms with van der Waals surface area (Å²) in [6, 6.07) is 4.80. The van der Waals surface area contributed by atoms with Gasteiger partial charge in [-0.25, -0.2) is 4.98 Å². The second-order valence-corrected chi connectivity index (χ2v) is 7.56. The maximum absolute atomic E-state index is 13.6. The van der Waals surface area contributed by atoms with E-state index in [2.05, 4.69) is 15.6 Å². The van der Waals surface area contributed by atoms with Crippen LogP contribution in [0.25, 0.3) is 10.9 Å². The monoisotopic (exact) mass is 377 g/mol. The summed E-state index contributed by atoms with van der Waals surface area (Å²) in [7, 11) is 0. The molecule has 1 saturated carbocycles. The highest BCUT2D eigenvalue weighted by Gasteiger charge is 2.36. The SMILES string of the molecule is Cc1cc(C(=O)NCC2CCCN2)nc2c(C(F)(F)F)cc(C3CC3)cc12. The Balaban J connectivity index is 1.70. The van der Waals surface area contributed by atoms with Crippen molar-refractivity contribution >= 4 is 16.8 Å². The number of hydrogen-bond donors (Lipinski definition) is 2. The summed E-state index contributed by atoms with van der Waals surface area (Å²) in [5, 5.41) is 6.53. The lowest BCUT2D eigenvalue weighted by atomic mass is 9.98. The number of amides is 1.